The Morgan fingerprint density at radius 3 is 2.12 bits per heavy atom. The first-order chi connectivity index (χ1) is 19.1. The Morgan fingerprint density at radius 2 is 1.55 bits per heavy atom. The molecule has 1 N–H and O–H groups in total. The van der Waals surface area contributed by atoms with Gasteiger partial charge in [0, 0.05) is 12.6 Å². The van der Waals surface area contributed by atoms with E-state index >= 15 is 0 Å². The fourth-order valence-electron chi connectivity index (χ4n) is 3.97. The first-order valence-electron chi connectivity index (χ1n) is 13.2. The van der Waals surface area contributed by atoms with Crippen molar-refractivity contribution in [2.45, 2.75) is 57.6 Å². The van der Waals surface area contributed by atoms with E-state index in [1.54, 1.807) is 31.2 Å². The second kappa shape index (κ2) is 13.9. The van der Waals surface area contributed by atoms with Gasteiger partial charge in [0.15, 0.2) is 0 Å². The number of benzene rings is 3. The van der Waals surface area contributed by atoms with Crippen LogP contribution in [0.4, 0.5) is 10.1 Å². The number of carbonyl (C=O) groups excluding carboxylic acids is 2. The minimum absolute atomic E-state index is 0.0946. The molecule has 2 amide bonds. The van der Waals surface area contributed by atoms with Crippen LogP contribution in [0.5, 0.6) is 5.75 Å². The zero-order chi connectivity index (χ0) is 29.3. The molecule has 0 bridgehead atoms. The third kappa shape index (κ3) is 7.81. The largest absolute Gasteiger partial charge is 0.494 e. The van der Waals surface area contributed by atoms with Gasteiger partial charge in [-0.1, -0.05) is 37.3 Å². The number of rotatable bonds is 13. The van der Waals surface area contributed by atoms with E-state index in [0.717, 1.165) is 34.1 Å². The van der Waals surface area contributed by atoms with Gasteiger partial charge in [-0.2, -0.15) is 0 Å². The highest BCUT2D eigenvalue weighted by atomic mass is 32.2. The lowest BCUT2D eigenvalue weighted by Crippen LogP contribution is -2.52. The van der Waals surface area contributed by atoms with Gasteiger partial charge < -0.3 is 15.0 Å². The van der Waals surface area contributed by atoms with Crippen molar-refractivity contribution in [3.05, 3.63) is 90.2 Å². The predicted octanol–water partition coefficient (Wildman–Crippen LogP) is 4.75. The molecule has 0 fully saturated rings. The summed E-state index contributed by atoms with van der Waals surface area (Å²) in [7, 11) is -4.29. The zero-order valence-electron chi connectivity index (χ0n) is 23.2. The molecule has 0 aliphatic heterocycles. The maximum Gasteiger partial charge on any atom is 0.264 e. The van der Waals surface area contributed by atoms with Crippen LogP contribution in [-0.4, -0.2) is 50.4 Å². The first-order valence-corrected chi connectivity index (χ1v) is 14.7. The molecular weight excluding hydrogens is 533 g/mol. The number of nitrogens with one attached hydrogen (secondary N) is 1. The first kappa shape index (κ1) is 30.6. The summed E-state index contributed by atoms with van der Waals surface area (Å²) in [5.41, 5.74) is 1.01. The van der Waals surface area contributed by atoms with Crippen molar-refractivity contribution in [2.24, 2.45) is 0 Å². The van der Waals surface area contributed by atoms with Crippen molar-refractivity contribution in [3.63, 3.8) is 0 Å². The van der Waals surface area contributed by atoms with Gasteiger partial charge in [-0.3, -0.25) is 13.9 Å². The average Bonchev–Trinajstić information content (AvgIpc) is 2.95. The third-order valence-electron chi connectivity index (χ3n) is 6.48. The zero-order valence-corrected chi connectivity index (χ0v) is 24.0. The minimum atomic E-state index is -4.29. The van der Waals surface area contributed by atoms with Gasteiger partial charge in [-0.05, 0) is 81.3 Å². The van der Waals surface area contributed by atoms with Gasteiger partial charge in [0.05, 0.1) is 17.2 Å². The number of nitrogens with zero attached hydrogens (tertiary/aromatic N) is 2. The van der Waals surface area contributed by atoms with Crippen molar-refractivity contribution >= 4 is 27.5 Å². The Kier molecular flexibility index (Phi) is 10.7. The van der Waals surface area contributed by atoms with E-state index in [-0.39, 0.29) is 29.1 Å². The maximum absolute atomic E-state index is 13.9. The molecule has 0 spiro atoms. The fraction of sp³-hybridized carbons (Fsp3) is 0.333. The molecule has 3 rings (SSSR count). The highest BCUT2D eigenvalue weighted by Crippen LogP contribution is 2.27. The van der Waals surface area contributed by atoms with Gasteiger partial charge in [-0.25, -0.2) is 12.8 Å². The van der Waals surface area contributed by atoms with Crippen LogP contribution in [0.3, 0.4) is 0 Å². The summed E-state index contributed by atoms with van der Waals surface area (Å²) in [4.78, 5) is 28.2. The quantitative estimate of drug-likeness (QED) is 0.321. The Morgan fingerprint density at radius 1 is 0.925 bits per heavy atom. The molecule has 2 atom stereocenters. The Balaban J connectivity index is 2.01. The van der Waals surface area contributed by atoms with E-state index in [0.29, 0.717) is 18.8 Å². The van der Waals surface area contributed by atoms with Gasteiger partial charge in [-0.15, -0.1) is 0 Å². The highest BCUT2D eigenvalue weighted by Gasteiger charge is 2.32. The molecule has 214 valence electrons. The number of amides is 2. The van der Waals surface area contributed by atoms with Crippen LogP contribution in [0.1, 0.15) is 39.7 Å². The lowest BCUT2D eigenvalue weighted by molar-refractivity contribution is -0.139. The monoisotopic (exact) mass is 569 g/mol. The Hall–Kier alpha value is -3.92. The van der Waals surface area contributed by atoms with Crippen LogP contribution < -0.4 is 14.4 Å². The number of halogens is 1. The van der Waals surface area contributed by atoms with Crippen LogP contribution >= 0.6 is 0 Å². The van der Waals surface area contributed by atoms with Crippen LogP contribution in [0.25, 0.3) is 0 Å². The van der Waals surface area contributed by atoms with E-state index < -0.39 is 34.3 Å². The number of hydrogen-bond acceptors (Lipinski definition) is 5. The molecule has 3 aromatic carbocycles. The highest BCUT2D eigenvalue weighted by molar-refractivity contribution is 7.92. The van der Waals surface area contributed by atoms with Crippen molar-refractivity contribution in [2.75, 3.05) is 17.5 Å². The lowest BCUT2D eigenvalue weighted by Gasteiger charge is -2.32. The normalized spacial score (nSPS) is 12.7. The molecular formula is C30H36FN3O5S. The van der Waals surface area contributed by atoms with Crippen molar-refractivity contribution in [1.82, 2.24) is 10.2 Å². The van der Waals surface area contributed by atoms with Crippen LogP contribution in [0.15, 0.2) is 83.8 Å². The predicted molar refractivity (Wildman–Crippen MR) is 153 cm³/mol. The molecule has 0 aliphatic carbocycles. The number of hydrogen-bond donors (Lipinski definition) is 1. The lowest BCUT2D eigenvalue weighted by atomic mass is 10.1. The molecule has 0 heterocycles. The van der Waals surface area contributed by atoms with Gasteiger partial charge in [0.2, 0.25) is 11.8 Å². The van der Waals surface area contributed by atoms with Gasteiger partial charge in [0.1, 0.15) is 24.2 Å². The molecule has 8 nitrogen and oxygen atoms in total. The summed E-state index contributed by atoms with van der Waals surface area (Å²) in [6, 6.07) is 18.9. The third-order valence-corrected chi connectivity index (χ3v) is 8.27. The van der Waals surface area contributed by atoms with Crippen molar-refractivity contribution < 1.29 is 27.1 Å². The van der Waals surface area contributed by atoms with Gasteiger partial charge >= 0.3 is 0 Å². The summed E-state index contributed by atoms with van der Waals surface area (Å²) in [6.45, 7) is 7.21. The number of anilines is 1. The molecule has 0 saturated heterocycles. The van der Waals surface area contributed by atoms with Crippen LogP contribution in [0.2, 0.25) is 0 Å². The van der Waals surface area contributed by atoms with E-state index in [2.05, 4.69) is 5.32 Å². The second-order valence-corrected chi connectivity index (χ2v) is 11.3. The number of sulfonamides is 1. The Bertz CT molecular complexity index is 1370. The molecule has 0 unspecified atom stereocenters. The van der Waals surface area contributed by atoms with E-state index in [9.17, 15) is 22.4 Å². The van der Waals surface area contributed by atoms with Gasteiger partial charge in [0.25, 0.3) is 10.0 Å². The maximum atomic E-state index is 13.9. The summed E-state index contributed by atoms with van der Waals surface area (Å²) in [6.07, 6.45) is 0.715. The molecule has 0 aromatic heterocycles. The molecule has 0 aliphatic rings. The number of carbonyl (C=O) groups is 2. The summed E-state index contributed by atoms with van der Waals surface area (Å²) in [5, 5.41) is 2.90. The smallest absolute Gasteiger partial charge is 0.264 e. The van der Waals surface area contributed by atoms with E-state index in [4.69, 9.17) is 4.74 Å². The van der Waals surface area contributed by atoms with E-state index in [1.165, 1.54) is 4.90 Å². The minimum Gasteiger partial charge on any atom is -0.494 e. The molecule has 3 aromatic rings. The summed E-state index contributed by atoms with van der Waals surface area (Å²) >= 11 is 0. The summed E-state index contributed by atoms with van der Waals surface area (Å²) in [5.74, 6) is -0.960. The molecule has 10 heteroatoms. The SMILES string of the molecule is CCOc1ccc(N(CC(=O)N(Cc2ccccc2)[C@@H](C)C(=O)N[C@@H](C)CC)S(=O)(=O)c2ccc(F)cc2)cc1. The molecule has 40 heavy (non-hydrogen) atoms. The van der Waals surface area contributed by atoms with Crippen molar-refractivity contribution in [3.8, 4) is 5.75 Å². The van der Waals surface area contributed by atoms with Crippen LogP contribution in [-0.2, 0) is 26.2 Å². The molecule has 0 radical (unpaired) electrons. The second-order valence-electron chi connectivity index (χ2n) is 9.39. The standard InChI is InChI=1S/C30H36FN3O5S/c1-5-22(3)32-30(36)23(4)33(20-24-10-8-7-9-11-24)29(35)21-34(26-14-16-27(17-15-26)39-6-2)40(37,38)28-18-12-25(31)13-19-28/h7-19,22-23H,5-6,20-21H2,1-4H3,(H,32,36)/t22-,23-/m0/s1. The van der Waals surface area contributed by atoms with Crippen LogP contribution in [0, 0.1) is 5.82 Å². The Labute approximate surface area is 235 Å². The van der Waals surface area contributed by atoms with Crippen molar-refractivity contribution in [1.29, 1.82) is 0 Å². The molecule has 0 saturated carbocycles. The average molecular weight is 570 g/mol. The summed E-state index contributed by atoms with van der Waals surface area (Å²) < 4.78 is 47.6. The fourth-order valence-corrected chi connectivity index (χ4v) is 5.38. The van der Waals surface area contributed by atoms with E-state index in [1.807, 2.05) is 51.1 Å². The topological polar surface area (TPSA) is 96.0 Å². The number of ether oxygens (including phenoxy) is 1.